The first-order chi connectivity index (χ1) is 21.0. The molecule has 0 radical (unpaired) electrons. The lowest BCUT2D eigenvalue weighted by Crippen LogP contribution is -2.11. The molecule has 0 spiro atoms. The first kappa shape index (κ1) is 26.6. The molecule has 0 atom stereocenters. The number of para-hydroxylation sites is 2. The average Bonchev–Trinajstić information content (AvgIpc) is 3.48. The number of benzene rings is 6. The van der Waals surface area contributed by atoms with Crippen LogP contribution < -0.4 is 0 Å². The molecule has 0 saturated carbocycles. The van der Waals surface area contributed by atoms with Crippen molar-refractivity contribution >= 4 is 33.8 Å². The predicted octanol–water partition coefficient (Wildman–Crippen LogP) is 11.0. The highest BCUT2D eigenvalue weighted by molar-refractivity contribution is 6.08. The molecular weight excluding hydrogens is 524 g/mol. The zero-order chi connectivity index (χ0) is 29.4. The second-order valence-corrected chi connectivity index (χ2v) is 11.9. The third kappa shape index (κ3) is 5.15. The molecule has 0 aliphatic rings. The van der Waals surface area contributed by atoms with Crippen molar-refractivity contribution in [3.05, 3.63) is 145 Å². The number of aliphatic imine (C=N–C) groups is 1. The van der Waals surface area contributed by atoms with E-state index in [9.17, 15) is 0 Å². The second-order valence-electron chi connectivity index (χ2n) is 11.9. The average molecular weight is 557 g/mol. The summed E-state index contributed by atoms with van der Waals surface area (Å²) in [6.07, 6.45) is 1.92. The van der Waals surface area contributed by atoms with E-state index >= 15 is 0 Å². The van der Waals surface area contributed by atoms with E-state index in [0.29, 0.717) is 5.89 Å². The maximum atomic E-state index is 6.39. The summed E-state index contributed by atoms with van der Waals surface area (Å²) in [5.41, 5.74) is 10.3. The Bertz CT molecular complexity index is 2110. The molecule has 7 rings (SSSR count). The number of hydrogen-bond donors (Lipinski definition) is 0. The summed E-state index contributed by atoms with van der Waals surface area (Å²) in [6.45, 7) is 6.67. The normalized spacial score (nSPS) is 12.0. The van der Waals surface area contributed by atoms with E-state index in [0.717, 1.165) is 39.0 Å². The zero-order valence-corrected chi connectivity index (χ0v) is 24.6. The Labute approximate surface area is 252 Å². The maximum absolute atomic E-state index is 6.39. The SMILES string of the molecule is CC(C)(C)c1cccc(C=Nc2ccccc2-c2nc3c(-c4ccc(-c5ccccc5)c5ccccc45)cccc3o2)c1. The van der Waals surface area contributed by atoms with Crippen molar-refractivity contribution in [3.8, 4) is 33.7 Å². The second kappa shape index (κ2) is 10.8. The minimum Gasteiger partial charge on any atom is -0.436 e. The molecule has 1 heterocycles. The van der Waals surface area contributed by atoms with E-state index in [2.05, 4.69) is 118 Å². The van der Waals surface area contributed by atoms with Gasteiger partial charge in [0.1, 0.15) is 5.52 Å². The van der Waals surface area contributed by atoms with Crippen molar-refractivity contribution in [2.75, 3.05) is 0 Å². The van der Waals surface area contributed by atoms with E-state index < -0.39 is 0 Å². The van der Waals surface area contributed by atoms with Crippen LogP contribution in [0.1, 0.15) is 31.9 Å². The maximum Gasteiger partial charge on any atom is 0.229 e. The summed E-state index contributed by atoms with van der Waals surface area (Å²) < 4.78 is 6.39. The highest BCUT2D eigenvalue weighted by atomic mass is 16.3. The van der Waals surface area contributed by atoms with Crippen LogP contribution in [0.5, 0.6) is 0 Å². The molecule has 0 saturated heterocycles. The number of oxazole rings is 1. The summed E-state index contributed by atoms with van der Waals surface area (Å²) in [4.78, 5) is 9.95. The van der Waals surface area contributed by atoms with E-state index in [1.54, 1.807) is 0 Å². The zero-order valence-electron chi connectivity index (χ0n) is 24.6. The van der Waals surface area contributed by atoms with Gasteiger partial charge in [0.25, 0.3) is 0 Å². The van der Waals surface area contributed by atoms with Gasteiger partial charge in [0.15, 0.2) is 5.58 Å². The molecule has 0 N–H and O–H groups in total. The number of rotatable bonds is 5. The van der Waals surface area contributed by atoms with Crippen LogP contribution in [-0.2, 0) is 5.41 Å². The lowest BCUT2D eigenvalue weighted by Gasteiger charge is -2.19. The molecule has 3 nitrogen and oxygen atoms in total. The fourth-order valence-electron chi connectivity index (χ4n) is 5.68. The van der Waals surface area contributed by atoms with Crippen molar-refractivity contribution in [1.29, 1.82) is 0 Å². The van der Waals surface area contributed by atoms with Crippen molar-refractivity contribution in [1.82, 2.24) is 4.98 Å². The number of hydrogen-bond acceptors (Lipinski definition) is 3. The number of fused-ring (bicyclic) bond motifs is 2. The van der Waals surface area contributed by atoms with Gasteiger partial charge in [-0.05, 0) is 68.3 Å². The van der Waals surface area contributed by atoms with Crippen LogP contribution in [0.2, 0.25) is 0 Å². The molecule has 0 amide bonds. The molecule has 0 unspecified atom stereocenters. The van der Waals surface area contributed by atoms with Crippen LogP contribution in [-0.4, -0.2) is 11.2 Å². The molecule has 3 heteroatoms. The predicted molar refractivity (Wildman–Crippen MR) is 180 cm³/mol. The smallest absolute Gasteiger partial charge is 0.229 e. The van der Waals surface area contributed by atoms with Crippen molar-refractivity contribution in [2.24, 2.45) is 4.99 Å². The van der Waals surface area contributed by atoms with Crippen molar-refractivity contribution in [3.63, 3.8) is 0 Å². The van der Waals surface area contributed by atoms with Gasteiger partial charge in [0.2, 0.25) is 5.89 Å². The Hall–Kier alpha value is -5.28. The summed E-state index contributed by atoms with van der Waals surface area (Å²) in [5.74, 6) is 0.559. The van der Waals surface area contributed by atoms with Gasteiger partial charge < -0.3 is 4.42 Å². The quantitative estimate of drug-likeness (QED) is 0.198. The van der Waals surface area contributed by atoms with Gasteiger partial charge in [-0.2, -0.15) is 0 Å². The fraction of sp³-hybridized carbons (Fsp3) is 0.100. The molecule has 0 aliphatic heterocycles. The minimum atomic E-state index is 0.0743. The molecule has 6 aromatic carbocycles. The van der Waals surface area contributed by atoms with Crippen LogP contribution in [0.15, 0.2) is 143 Å². The standard InChI is InChI=1S/C40H32N2O/c1-40(2,3)29-16-11-13-27(25-29)26-41-36-21-10-9-19-35(36)39-42-38-34(20-12-22-37(38)43-39)33-24-23-30(28-14-5-4-6-15-28)31-17-7-8-18-32(31)33/h4-26H,1-3H3. The van der Waals surface area contributed by atoms with Crippen LogP contribution in [0.4, 0.5) is 5.69 Å². The van der Waals surface area contributed by atoms with Gasteiger partial charge in [-0.25, -0.2) is 4.98 Å². The minimum absolute atomic E-state index is 0.0743. The molecule has 1 aromatic heterocycles. The fourth-order valence-corrected chi connectivity index (χ4v) is 5.68. The molecule has 7 aromatic rings. The van der Waals surface area contributed by atoms with Gasteiger partial charge in [0, 0.05) is 11.8 Å². The van der Waals surface area contributed by atoms with Gasteiger partial charge in [-0.3, -0.25) is 4.99 Å². The van der Waals surface area contributed by atoms with E-state index in [-0.39, 0.29) is 5.41 Å². The van der Waals surface area contributed by atoms with Crippen LogP contribution >= 0.6 is 0 Å². The summed E-state index contributed by atoms with van der Waals surface area (Å²) in [7, 11) is 0. The Kier molecular flexibility index (Phi) is 6.71. The Morgan fingerprint density at radius 1 is 0.605 bits per heavy atom. The van der Waals surface area contributed by atoms with E-state index in [1.165, 1.54) is 27.5 Å². The molecule has 208 valence electrons. The van der Waals surface area contributed by atoms with E-state index in [1.807, 2.05) is 42.6 Å². The molecular formula is C40H32N2O. The summed E-state index contributed by atoms with van der Waals surface area (Å²) in [5, 5.41) is 2.39. The number of nitrogens with zero attached hydrogens (tertiary/aromatic N) is 2. The lowest BCUT2D eigenvalue weighted by atomic mass is 9.86. The highest BCUT2D eigenvalue weighted by Crippen LogP contribution is 2.40. The van der Waals surface area contributed by atoms with Gasteiger partial charge >= 0.3 is 0 Å². The van der Waals surface area contributed by atoms with Gasteiger partial charge in [0.05, 0.1) is 11.3 Å². The van der Waals surface area contributed by atoms with Crippen molar-refractivity contribution < 1.29 is 4.42 Å². The Morgan fingerprint density at radius 3 is 2.09 bits per heavy atom. The van der Waals surface area contributed by atoms with E-state index in [4.69, 9.17) is 14.4 Å². The Morgan fingerprint density at radius 2 is 1.28 bits per heavy atom. The van der Waals surface area contributed by atoms with Gasteiger partial charge in [-0.15, -0.1) is 0 Å². The van der Waals surface area contributed by atoms with Crippen LogP contribution in [0.25, 0.3) is 55.6 Å². The monoisotopic (exact) mass is 556 g/mol. The molecule has 0 fully saturated rings. The van der Waals surface area contributed by atoms with Gasteiger partial charge in [-0.1, -0.05) is 130 Å². The largest absolute Gasteiger partial charge is 0.436 e. The first-order valence-electron chi connectivity index (χ1n) is 14.7. The third-order valence-corrected chi connectivity index (χ3v) is 7.96. The number of aromatic nitrogens is 1. The van der Waals surface area contributed by atoms with Crippen LogP contribution in [0.3, 0.4) is 0 Å². The van der Waals surface area contributed by atoms with Crippen LogP contribution in [0, 0.1) is 0 Å². The highest BCUT2D eigenvalue weighted by Gasteiger charge is 2.18. The van der Waals surface area contributed by atoms with Crippen molar-refractivity contribution in [2.45, 2.75) is 26.2 Å². The lowest BCUT2D eigenvalue weighted by molar-refractivity contribution is 0.590. The third-order valence-electron chi connectivity index (χ3n) is 7.96. The summed E-state index contributed by atoms with van der Waals surface area (Å²) in [6, 6.07) is 46.3. The molecule has 0 bridgehead atoms. The topological polar surface area (TPSA) is 38.4 Å². The molecule has 0 aliphatic carbocycles. The Balaban J connectivity index is 1.31. The summed E-state index contributed by atoms with van der Waals surface area (Å²) >= 11 is 0. The first-order valence-corrected chi connectivity index (χ1v) is 14.7. The molecule has 43 heavy (non-hydrogen) atoms.